The van der Waals surface area contributed by atoms with E-state index in [4.69, 9.17) is 0 Å². The fourth-order valence-corrected chi connectivity index (χ4v) is 4.34. The molecule has 1 aliphatic heterocycles. The lowest BCUT2D eigenvalue weighted by Crippen LogP contribution is -2.95. The van der Waals surface area contributed by atoms with Crippen LogP contribution in [0.1, 0.15) is 22.9 Å². The van der Waals surface area contributed by atoms with E-state index in [2.05, 4.69) is 4.98 Å². The highest BCUT2D eigenvalue weighted by Crippen LogP contribution is 2.38. The van der Waals surface area contributed by atoms with Crippen LogP contribution in [0.25, 0.3) is 21.7 Å². The van der Waals surface area contributed by atoms with Gasteiger partial charge in [-0.15, -0.1) is 0 Å². The number of nitrogens with two attached hydrogens (primary N) is 1. The molecule has 134 valence electrons. The summed E-state index contributed by atoms with van der Waals surface area (Å²) in [7, 11) is 0. The summed E-state index contributed by atoms with van der Waals surface area (Å²) in [5, 5.41) is 27.2. The van der Waals surface area contributed by atoms with Crippen LogP contribution in [0, 0.1) is 0 Å². The summed E-state index contributed by atoms with van der Waals surface area (Å²) in [6.07, 6.45) is 0.393. The first-order chi connectivity index (χ1) is 13.1. The Morgan fingerprint density at radius 2 is 1.78 bits per heavy atom. The molecule has 5 nitrogen and oxygen atoms in total. The average molecular weight is 358 g/mol. The third-order valence-corrected chi connectivity index (χ3v) is 5.57. The van der Waals surface area contributed by atoms with Crippen LogP contribution < -0.4 is 10.4 Å². The number of H-pyrrole nitrogens is 1. The van der Waals surface area contributed by atoms with E-state index < -0.39 is 12.0 Å². The molecule has 0 amide bonds. The van der Waals surface area contributed by atoms with Crippen LogP contribution >= 0.6 is 0 Å². The minimum absolute atomic E-state index is 0.165. The Kier molecular flexibility index (Phi) is 3.45. The van der Waals surface area contributed by atoms with Gasteiger partial charge >= 0.3 is 0 Å². The Hall–Kier alpha value is -3.31. The number of rotatable bonds is 2. The molecule has 4 N–H and O–H groups in total. The molecule has 0 saturated heterocycles. The number of phenolic OH excluding ortho intramolecular Hbond substituents is 1. The van der Waals surface area contributed by atoms with Gasteiger partial charge in [0.25, 0.3) is 0 Å². The Labute approximate surface area is 155 Å². The largest absolute Gasteiger partial charge is 0.544 e. The number of benzene rings is 3. The third kappa shape index (κ3) is 2.39. The maximum Gasteiger partial charge on any atom is 0.157 e. The molecule has 0 bridgehead atoms. The van der Waals surface area contributed by atoms with Gasteiger partial charge in [-0.1, -0.05) is 48.5 Å². The molecule has 27 heavy (non-hydrogen) atoms. The summed E-state index contributed by atoms with van der Waals surface area (Å²) in [6.45, 7) is 0. The second-order valence-electron chi connectivity index (χ2n) is 7.08. The number of nitrogens with one attached hydrogen (secondary N) is 1. The number of para-hydroxylation sites is 1. The number of aromatic hydroxyl groups is 1. The molecule has 2 atom stereocenters. The maximum atomic E-state index is 11.7. The number of carbonyl (C=O) groups excluding carboxylic acids is 1. The Morgan fingerprint density at radius 3 is 2.59 bits per heavy atom. The van der Waals surface area contributed by atoms with Crippen LogP contribution in [0.2, 0.25) is 0 Å². The van der Waals surface area contributed by atoms with Crippen molar-refractivity contribution in [1.82, 2.24) is 4.98 Å². The number of carboxylic acids is 1. The topological polar surface area (TPSA) is 92.8 Å². The summed E-state index contributed by atoms with van der Waals surface area (Å²) < 4.78 is 0. The van der Waals surface area contributed by atoms with Gasteiger partial charge in [0.2, 0.25) is 0 Å². The van der Waals surface area contributed by atoms with Gasteiger partial charge in [-0.2, -0.15) is 0 Å². The number of hydrogen-bond donors (Lipinski definition) is 3. The second-order valence-corrected chi connectivity index (χ2v) is 7.08. The first-order valence-corrected chi connectivity index (χ1v) is 8.99. The van der Waals surface area contributed by atoms with Crippen molar-refractivity contribution in [3.05, 3.63) is 77.5 Å². The number of aliphatic carboxylic acids is 1. The fraction of sp³-hybridized carbons (Fsp3) is 0.136. The predicted molar refractivity (Wildman–Crippen MR) is 100 cm³/mol. The lowest BCUT2D eigenvalue weighted by molar-refractivity contribution is -0.717. The molecule has 0 fully saturated rings. The van der Waals surface area contributed by atoms with E-state index in [0.717, 1.165) is 38.5 Å². The molecule has 0 unspecified atom stereocenters. The number of phenols is 1. The van der Waals surface area contributed by atoms with Gasteiger partial charge in [0.15, 0.2) is 6.04 Å². The minimum atomic E-state index is -1.09. The zero-order valence-corrected chi connectivity index (χ0v) is 14.5. The van der Waals surface area contributed by atoms with Crippen LogP contribution in [0.5, 0.6) is 5.75 Å². The van der Waals surface area contributed by atoms with Crippen molar-refractivity contribution in [2.75, 3.05) is 0 Å². The summed E-state index contributed by atoms with van der Waals surface area (Å²) in [5.74, 6) is -0.922. The fourth-order valence-electron chi connectivity index (χ4n) is 4.34. The standard InChI is InChI=1S/C22H18N2O3/c25-18-10-9-12-5-1-2-6-13(12)19(18)21-20-15(11-17(24-21)22(26)27)14-7-3-4-8-16(14)23-20/h1-10,17,21,23-25H,11H2,(H,26,27)/t17-,21-/m0/s1. The molecule has 3 aromatic carbocycles. The van der Waals surface area contributed by atoms with E-state index in [9.17, 15) is 15.0 Å². The number of fused-ring (bicyclic) bond motifs is 4. The molecule has 1 aliphatic rings. The number of aromatic nitrogens is 1. The predicted octanol–water partition coefficient (Wildman–Crippen LogP) is 1.35. The van der Waals surface area contributed by atoms with E-state index in [1.807, 2.05) is 54.6 Å². The molecular formula is C22H18N2O3. The van der Waals surface area contributed by atoms with Gasteiger partial charge in [0.1, 0.15) is 11.8 Å². The van der Waals surface area contributed by atoms with Gasteiger partial charge < -0.3 is 25.3 Å². The molecule has 5 heteroatoms. The monoisotopic (exact) mass is 358 g/mol. The number of aromatic amines is 1. The van der Waals surface area contributed by atoms with Crippen LogP contribution in [-0.4, -0.2) is 22.1 Å². The lowest BCUT2D eigenvalue weighted by atomic mass is 9.87. The number of carbonyl (C=O) groups is 1. The van der Waals surface area contributed by atoms with Gasteiger partial charge in [0.05, 0.1) is 17.2 Å². The molecule has 0 saturated carbocycles. The van der Waals surface area contributed by atoms with Crippen LogP contribution in [-0.2, 0) is 11.2 Å². The molecule has 5 rings (SSSR count). The van der Waals surface area contributed by atoms with Crippen molar-refractivity contribution in [3.8, 4) is 5.75 Å². The molecule has 4 aromatic rings. The molecule has 2 heterocycles. The normalized spacial score (nSPS) is 19.3. The van der Waals surface area contributed by atoms with Gasteiger partial charge in [-0.25, -0.2) is 0 Å². The van der Waals surface area contributed by atoms with E-state index in [-0.39, 0.29) is 11.8 Å². The summed E-state index contributed by atoms with van der Waals surface area (Å²) >= 11 is 0. The molecule has 1 aromatic heterocycles. The van der Waals surface area contributed by atoms with Crippen molar-refractivity contribution in [2.24, 2.45) is 0 Å². The summed E-state index contributed by atoms with van der Waals surface area (Å²) in [6, 6.07) is 18.2. The maximum absolute atomic E-state index is 11.7. The minimum Gasteiger partial charge on any atom is -0.544 e. The van der Waals surface area contributed by atoms with Crippen LogP contribution in [0.3, 0.4) is 0 Å². The van der Waals surface area contributed by atoms with E-state index in [1.165, 1.54) is 0 Å². The highest BCUT2D eigenvalue weighted by molar-refractivity contribution is 5.90. The number of quaternary nitrogens is 1. The quantitative estimate of drug-likeness (QED) is 0.505. The van der Waals surface area contributed by atoms with Crippen molar-refractivity contribution >= 4 is 27.6 Å². The Morgan fingerprint density at radius 1 is 1.04 bits per heavy atom. The lowest BCUT2D eigenvalue weighted by Gasteiger charge is -2.29. The van der Waals surface area contributed by atoms with Crippen molar-refractivity contribution in [2.45, 2.75) is 18.5 Å². The smallest absolute Gasteiger partial charge is 0.157 e. The average Bonchev–Trinajstić information content (AvgIpc) is 3.06. The molecule has 0 spiro atoms. The molecule has 0 radical (unpaired) electrons. The van der Waals surface area contributed by atoms with Gasteiger partial charge in [-0.05, 0) is 28.5 Å². The highest BCUT2D eigenvalue weighted by atomic mass is 16.4. The third-order valence-electron chi connectivity index (χ3n) is 5.57. The number of hydrogen-bond acceptors (Lipinski definition) is 3. The summed E-state index contributed by atoms with van der Waals surface area (Å²) in [4.78, 5) is 15.2. The first kappa shape index (κ1) is 15.9. The first-order valence-electron chi connectivity index (χ1n) is 8.99. The zero-order chi connectivity index (χ0) is 18.5. The Bertz CT molecular complexity index is 1190. The van der Waals surface area contributed by atoms with Crippen molar-refractivity contribution in [1.29, 1.82) is 0 Å². The SMILES string of the molecule is O=C([O-])[C@@H]1Cc2c([nH]c3ccccc23)[C@H](c2c(O)ccc3ccccc23)[NH2+]1. The molecular weight excluding hydrogens is 340 g/mol. The number of carboxylic acid groups (broad SMARTS) is 1. The van der Waals surface area contributed by atoms with E-state index in [1.54, 1.807) is 11.4 Å². The highest BCUT2D eigenvalue weighted by Gasteiger charge is 2.36. The van der Waals surface area contributed by atoms with Crippen LogP contribution in [0.15, 0.2) is 60.7 Å². The van der Waals surface area contributed by atoms with Gasteiger partial charge in [0, 0.05) is 17.3 Å². The molecule has 0 aliphatic carbocycles. The zero-order valence-electron chi connectivity index (χ0n) is 14.5. The summed E-state index contributed by atoms with van der Waals surface area (Å²) in [5.41, 5.74) is 3.63. The van der Waals surface area contributed by atoms with Crippen LogP contribution in [0.4, 0.5) is 0 Å². The Balaban J connectivity index is 1.80. The van der Waals surface area contributed by atoms with Gasteiger partial charge in [-0.3, -0.25) is 0 Å². The van der Waals surface area contributed by atoms with E-state index >= 15 is 0 Å². The van der Waals surface area contributed by atoms with E-state index in [0.29, 0.717) is 6.42 Å². The van der Waals surface area contributed by atoms with Crippen molar-refractivity contribution < 1.29 is 20.3 Å². The van der Waals surface area contributed by atoms with Crippen molar-refractivity contribution in [3.63, 3.8) is 0 Å². The second kappa shape index (κ2) is 5.86.